The van der Waals surface area contributed by atoms with Crippen LogP contribution in [0.1, 0.15) is 24.2 Å². The zero-order valence-electron chi connectivity index (χ0n) is 9.80. The molecule has 1 unspecified atom stereocenters. The predicted octanol–water partition coefficient (Wildman–Crippen LogP) is 1.48. The van der Waals surface area contributed by atoms with Gasteiger partial charge in [0.2, 0.25) is 0 Å². The van der Waals surface area contributed by atoms with Gasteiger partial charge in [-0.15, -0.1) is 0 Å². The molecule has 4 heteroatoms. The van der Waals surface area contributed by atoms with E-state index in [-0.39, 0.29) is 6.04 Å². The van der Waals surface area contributed by atoms with Crippen molar-refractivity contribution in [1.29, 1.82) is 0 Å². The lowest BCUT2D eigenvalue weighted by atomic mass is 10.2. The summed E-state index contributed by atoms with van der Waals surface area (Å²) in [6.45, 7) is 2.97. The van der Waals surface area contributed by atoms with Crippen LogP contribution in [-0.2, 0) is 20.0 Å². The van der Waals surface area contributed by atoms with Crippen LogP contribution in [0.25, 0.3) is 0 Å². The van der Waals surface area contributed by atoms with Crippen LogP contribution < -0.4 is 5.73 Å². The van der Waals surface area contributed by atoms with Crippen LogP contribution in [0.2, 0.25) is 0 Å². The molecule has 0 aliphatic carbocycles. The summed E-state index contributed by atoms with van der Waals surface area (Å²) in [5.74, 6) is 0. The molecule has 0 aromatic carbocycles. The molecule has 0 aliphatic heterocycles. The van der Waals surface area contributed by atoms with Crippen molar-refractivity contribution >= 4 is 0 Å². The average Bonchev–Trinajstić information content (AvgIpc) is 2.83. The molecule has 2 rings (SSSR count). The maximum atomic E-state index is 5.81. The van der Waals surface area contributed by atoms with Crippen LogP contribution in [0.4, 0.5) is 0 Å². The fourth-order valence-corrected chi connectivity index (χ4v) is 1.76. The van der Waals surface area contributed by atoms with Crippen LogP contribution >= 0.6 is 0 Å². The summed E-state index contributed by atoms with van der Waals surface area (Å²) in [6.07, 6.45) is 7.01. The first-order valence-electron chi connectivity index (χ1n) is 5.55. The number of aromatic nitrogens is 3. The second-order valence-corrected chi connectivity index (χ2v) is 4.17. The molecule has 0 saturated carbocycles. The maximum Gasteiger partial charge on any atom is 0.0492 e. The molecular formula is C12H18N4. The van der Waals surface area contributed by atoms with Gasteiger partial charge in [-0.25, -0.2) is 0 Å². The molecule has 0 fully saturated rings. The van der Waals surface area contributed by atoms with E-state index in [0.29, 0.717) is 0 Å². The van der Waals surface area contributed by atoms with E-state index in [1.165, 1.54) is 11.3 Å². The zero-order chi connectivity index (χ0) is 11.5. The molecule has 0 saturated heterocycles. The summed E-state index contributed by atoms with van der Waals surface area (Å²) in [4.78, 5) is 0. The normalized spacial score (nSPS) is 12.9. The maximum absolute atomic E-state index is 5.81. The third-order valence-electron chi connectivity index (χ3n) is 2.85. The fourth-order valence-electron chi connectivity index (χ4n) is 1.76. The molecular weight excluding hydrogens is 200 g/mol. The van der Waals surface area contributed by atoms with Gasteiger partial charge in [-0.2, -0.15) is 5.10 Å². The molecule has 2 heterocycles. The monoisotopic (exact) mass is 218 g/mol. The third kappa shape index (κ3) is 2.33. The minimum atomic E-state index is 0.109. The number of rotatable bonds is 4. The highest BCUT2D eigenvalue weighted by molar-refractivity contribution is 5.14. The number of hydrogen-bond acceptors (Lipinski definition) is 2. The van der Waals surface area contributed by atoms with Crippen LogP contribution in [0.3, 0.4) is 0 Å². The van der Waals surface area contributed by atoms with Crippen molar-refractivity contribution in [2.45, 2.75) is 25.9 Å². The highest BCUT2D eigenvalue weighted by Crippen LogP contribution is 2.10. The second-order valence-electron chi connectivity index (χ2n) is 4.17. The molecule has 16 heavy (non-hydrogen) atoms. The Morgan fingerprint density at radius 2 is 2.25 bits per heavy atom. The summed E-state index contributed by atoms with van der Waals surface area (Å²) < 4.78 is 4.08. The van der Waals surface area contributed by atoms with Gasteiger partial charge in [0.1, 0.15) is 0 Å². The van der Waals surface area contributed by atoms with E-state index in [0.717, 1.165) is 13.0 Å². The van der Waals surface area contributed by atoms with E-state index < -0.39 is 0 Å². The van der Waals surface area contributed by atoms with E-state index in [4.69, 9.17) is 5.73 Å². The van der Waals surface area contributed by atoms with Crippen LogP contribution in [-0.4, -0.2) is 14.3 Å². The molecule has 2 aromatic rings. The van der Waals surface area contributed by atoms with E-state index in [1.807, 2.05) is 24.9 Å². The Balaban J connectivity index is 1.97. The molecule has 86 valence electrons. The van der Waals surface area contributed by atoms with Gasteiger partial charge < -0.3 is 10.3 Å². The number of aryl methyl sites for hydroxylation is 3. The molecule has 4 nitrogen and oxygen atoms in total. The van der Waals surface area contributed by atoms with Gasteiger partial charge in [-0.1, -0.05) is 0 Å². The topological polar surface area (TPSA) is 48.8 Å². The molecule has 0 spiro atoms. The Hall–Kier alpha value is -1.55. The van der Waals surface area contributed by atoms with Gasteiger partial charge in [0.05, 0.1) is 0 Å². The van der Waals surface area contributed by atoms with Crippen molar-refractivity contribution in [3.8, 4) is 0 Å². The van der Waals surface area contributed by atoms with Crippen molar-refractivity contribution in [2.24, 2.45) is 12.8 Å². The van der Waals surface area contributed by atoms with Crippen molar-refractivity contribution in [1.82, 2.24) is 14.3 Å². The first-order valence-corrected chi connectivity index (χ1v) is 5.55. The highest BCUT2D eigenvalue weighted by atomic mass is 15.3. The molecule has 0 bridgehead atoms. The first kappa shape index (κ1) is 11.0. The average molecular weight is 218 g/mol. The SMILES string of the molecule is CC(N)c1ccn(CCc2ccnn2C)c1. The van der Waals surface area contributed by atoms with Crippen LogP contribution in [0.5, 0.6) is 0 Å². The quantitative estimate of drug-likeness (QED) is 0.845. The fraction of sp³-hybridized carbons (Fsp3) is 0.417. The van der Waals surface area contributed by atoms with Crippen molar-refractivity contribution < 1.29 is 0 Å². The predicted molar refractivity (Wildman–Crippen MR) is 63.9 cm³/mol. The van der Waals surface area contributed by atoms with Crippen LogP contribution in [0.15, 0.2) is 30.7 Å². The molecule has 1 atom stereocenters. The Morgan fingerprint density at radius 1 is 1.44 bits per heavy atom. The number of hydrogen-bond donors (Lipinski definition) is 1. The van der Waals surface area contributed by atoms with Gasteiger partial charge in [0.25, 0.3) is 0 Å². The lowest BCUT2D eigenvalue weighted by Gasteiger charge is -2.04. The molecule has 2 N–H and O–H groups in total. The lowest BCUT2D eigenvalue weighted by molar-refractivity contribution is 0.637. The van der Waals surface area contributed by atoms with Crippen molar-refractivity contribution in [3.05, 3.63) is 42.0 Å². The summed E-state index contributed by atoms with van der Waals surface area (Å²) >= 11 is 0. The number of nitrogens with zero attached hydrogens (tertiary/aromatic N) is 3. The summed E-state index contributed by atoms with van der Waals surface area (Å²) in [6, 6.07) is 4.24. The van der Waals surface area contributed by atoms with Gasteiger partial charge in [-0.05, 0) is 24.6 Å². The van der Waals surface area contributed by atoms with Gasteiger partial charge in [0, 0.05) is 50.3 Å². The van der Waals surface area contributed by atoms with Crippen molar-refractivity contribution in [2.75, 3.05) is 0 Å². The van der Waals surface area contributed by atoms with Gasteiger partial charge in [-0.3, -0.25) is 4.68 Å². The molecule has 0 radical (unpaired) electrons. The van der Waals surface area contributed by atoms with Gasteiger partial charge >= 0.3 is 0 Å². The van der Waals surface area contributed by atoms with E-state index in [9.17, 15) is 0 Å². The summed E-state index contributed by atoms with van der Waals surface area (Å²) in [5.41, 5.74) is 8.25. The number of nitrogens with two attached hydrogens (primary N) is 1. The standard InChI is InChI=1S/C12H18N4/c1-10(13)11-4-7-16(9-11)8-5-12-3-6-14-15(12)2/h3-4,6-7,9-10H,5,8,13H2,1-2H3. The second kappa shape index (κ2) is 4.53. The lowest BCUT2D eigenvalue weighted by Crippen LogP contribution is -2.05. The van der Waals surface area contributed by atoms with Crippen LogP contribution in [0, 0.1) is 0 Å². The molecule has 2 aromatic heterocycles. The first-order chi connectivity index (χ1) is 7.66. The van der Waals surface area contributed by atoms with Gasteiger partial charge in [0.15, 0.2) is 0 Å². The molecule has 0 aliphatic rings. The largest absolute Gasteiger partial charge is 0.354 e. The summed E-state index contributed by atoms with van der Waals surface area (Å²) in [5, 5.41) is 4.15. The third-order valence-corrected chi connectivity index (χ3v) is 2.85. The highest BCUT2D eigenvalue weighted by Gasteiger charge is 2.02. The van der Waals surface area contributed by atoms with E-state index >= 15 is 0 Å². The smallest absolute Gasteiger partial charge is 0.0492 e. The Morgan fingerprint density at radius 3 is 2.81 bits per heavy atom. The van der Waals surface area contributed by atoms with Crippen molar-refractivity contribution in [3.63, 3.8) is 0 Å². The Bertz CT molecular complexity index is 453. The van der Waals surface area contributed by atoms with E-state index in [1.54, 1.807) is 0 Å². The molecule has 0 amide bonds. The Labute approximate surface area is 95.7 Å². The minimum Gasteiger partial charge on any atom is -0.354 e. The Kier molecular flexibility index (Phi) is 3.10. The minimum absolute atomic E-state index is 0.109. The zero-order valence-corrected chi connectivity index (χ0v) is 9.80. The van der Waals surface area contributed by atoms with E-state index in [2.05, 4.69) is 34.2 Å². The summed E-state index contributed by atoms with van der Waals surface area (Å²) in [7, 11) is 1.97.